The quantitative estimate of drug-likeness (QED) is 0.816. The molecule has 0 saturated carbocycles. The number of carbonyl (C=O) groups is 3. The zero-order valence-corrected chi connectivity index (χ0v) is 16.4. The summed E-state index contributed by atoms with van der Waals surface area (Å²) in [6.07, 6.45) is 0.627. The predicted octanol–water partition coefficient (Wildman–Crippen LogP) is 3.12. The van der Waals surface area contributed by atoms with Gasteiger partial charge >= 0.3 is 12.1 Å². The lowest BCUT2D eigenvalue weighted by Crippen LogP contribution is -2.43. The van der Waals surface area contributed by atoms with Crippen LogP contribution in [0.1, 0.15) is 39.2 Å². The summed E-state index contributed by atoms with van der Waals surface area (Å²) in [6, 6.07) is 7.36. The van der Waals surface area contributed by atoms with E-state index in [1.54, 1.807) is 17.0 Å². The first kappa shape index (κ1) is 20.7. The molecule has 1 saturated heterocycles. The number of nitrogens with zero attached hydrogens (tertiary/aromatic N) is 1. The number of nitrogens with one attached hydrogen (secondary N) is 1. The van der Waals surface area contributed by atoms with Gasteiger partial charge in [0.05, 0.1) is 5.92 Å². The summed E-state index contributed by atoms with van der Waals surface area (Å²) in [5, 5.41) is 2.69. The number of esters is 1. The van der Waals surface area contributed by atoms with E-state index >= 15 is 0 Å². The maximum Gasteiger partial charge on any atom is 0.410 e. The number of aryl methyl sites for hydroxylation is 1. The largest absolute Gasteiger partial charge is 0.455 e. The Balaban J connectivity index is 1.72. The summed E-state index contributed by atoms with van der Waals surface area (Å²) >= 11 is 0. The normalized spacial score (nSPS) is 15.2. The number of hydrogen-bond acceptors (Lipinski definition) is 5. The molecule has 27 heavy (non-hydrogen) atoms. The topological polar surface area (TPSA) is 84.9 Å². The number of anilines is 1. The highest BCUT2D eigenvalue weighted by atomic mass is 16.6. The van der Waals surface area contributed by atoms with Crippen molar-refractivity contribution in [2.24, 2.45) is 5.92 Å². The van der Waals surface area contributed by atoms with E-state index in [4.69, 9.17) is 9.47 Å². The van der Waals surface area contributed by atoms with Gasteiger partial charge in [0.15, 0.2) is 6.61 Å². The van der Waals surface area contributed by atoms with Gasteiger partial charge in [-0.1, -0.05) is 17.7 Å². The van der Waals surface area contributed by atoms with Gasteiger partial charge in [-0.3, -0.25) is 9.59 Å². The molecule has 7 nitrogen and oxygen atoms in total. The van der Waals surface area contributed by atoms with Crippen LogP contribution in [0.2, 0.25) is 0 Å². The number of amides is 2. The zero-order chi connectivity index (χ0) is 20.0. The monoisotopic (exact) mass is 376 g/mol. The summed E-state index contributed by atoms with van der Waals surface area (Å²) < 4.78 is 10.5. The lowest BCUT2D eigenvalue weighted by Gasteiger charge is -2.32. The molecule has 1 N–H and O–H groups in total. The molecular formula is C20H28N2O5. The Bertz CT molecular complexity index is 671. The Kier molecular flexibility index (Phi) is 6.82. The number of likely N-dealkylation sites (tertiary alicyclic amines) is 1. The number of benzene rings is 1. The lowest BCUT2D eigenvalue weighted by atomic mass is 9.97. The van der Waals surface area contributed by atoms with E-state index in [1.165, 1.54) is 0 Å². The molecule has 0 atom stereocenters. The first-order chi connectivity index (χ1) is 12.6. The van der Waals surface area contributed by atoms with E-state index in [2.05, 4.69) is 5.32 Å². The average Bonchev–Trinajstić information content (AvgIpc) is 2.60. The number of piperidine rings is 1. The Morgan fingerprint density at radius 3 is 2.26 bits per heavy atom. The third-order valence-electron chi connectivity index (χ3n) is 4.16. The molecule has 0 spiro atoms. The minimum Gasteiger partial charge on any atom is -0.455 e. The molecule has 7 heteroatoms. The van der Waals surface area contributed by atoms with Crippen molar-refractivity contribution in [3.8, 4) is 0 Å². The van der Waals surface area contributed by atoms with E-state index in [0.29, 0.717) is 31.6 Å². The molecule has 1 heterocycles. The summed E-state index contributed by atoms with van der Waals surface area (Å²) in [4.78, 5) is 37.7. The molecule has 0 unspecified atom stereocenters. The van der Waals surface area contributed by atoms with Crippen molar-refractivity contribution in [1.82, 2.24) is 4.90 Å². The number of carbonyl (C=O) groups excluding carboxylic acids is 3. The van der Waals surface area contributed by atoms with Crippen LogP contribution in [-0.2, 0) is 19.1 Å². The second-order valence-corrected chi connectivity index (χ2v) is 7.76. The van der Waals surface area contributed by atoms with Crippen LogP contribution in [0.15, 0.2) is 24.3 Å². The molecule has 2 rings (SSSR count). The van der Waals surface area contributed by atoms with E-state index in [-0.39, 0.29) is 24.5 Å². The van der Waals surface area contributed by atoms with Gasteiger partial charge < -0.3 is 19.7 Å². The number of rotatable bonds is 4. The fourth-order valence-electron chi connectivity index (χ4n) is 2.71. The standard InChI is InChI=1S/C20H28N2O5/c1-14-5-7-16(8-6-14)21-17(23)13-26-18(24)15-9-11-22(12-10-15)19(25)27-20(2,3)4/h5-8,15H,9-13H2,1-4H3,(H,21,23). The Morgan fingerprint density at radius 2 is 1.70 bits per heavy atom. The van der Waals surface area contributed by atoms with Gasteiger partial charge in [0.25, 0.3) is 5.91 Å². The molecule has 0 bridgehead atoms. The SMILES string of the molecule is Cc1ccc(NC(=O)COC(=O)C2CCN(C(=O)OC(C)(C)C)CC2)cc1. The lowest BCUT2D eigenvalue weighted by molar-refractivity contribution is -0.153. The smallest absolute Gasteiger partial charge is 0.410 e. The highest BCUT2D eigenvalue weighted by Crippen LogP contribution is 2.21. The van der Waals surface area contributed by atoms with Crippen molar-refractivity contribution in [1.29, 1.82) is 0 Å². The highest BCUT2D eigenvalue weighted by molar-refractivity contribution is 5.92. The highest BCUT2D eigenvalue weighted by Gasteiger charge is 2.30. The summed E-state index contributed by atoms with van der Waals surface area (Å²) in [5.74, 6) is -1.09. The van der Waals surface area contributed by atoms with Crippen LogP contribution < -0.4 is 5.32 Å². The van der Waals surface area contributed by atoms with E-state index in [1.807, 2.05) is 39.8 Å². The second kappa shape index (κ2) is 8.88. The summed E-state index contributed by atoms with van der Waals surface area (Å²) in [5.41, 5.74) is 1.21. The molecule has 1 fully saturated rings. The van der Waals surface area contributed by atoms with Crippen LogP contribution in [0.5, 0.6) is 0 Å². The summed E-state index contributed by atoms with van der Waals surface area (Å²) in [7, 11) is 0. The third-order valence-corrected chi connectivity index (χ3v) is 4.16. The van der Waals surface area contributed by atoms with E-state index in [9.17, 15) is 14.4 Å². The van der Waals surface area contributed by atoms with Gasteiger partial charge in [0, 0.05) is 18.8 Å². The fourth-order valence-corrected chi connectivity index (χ4v) is 2.71. The predicted molar refractivity (Wildman–Crippen MR) is 101 cm³/mol. The van der Waals surface area contributed by atoms with Crippen LogP contribution in [0.3, 0.4) is 0 Å². The van der Waals surface area contributed by atoms with Gasteiger partial charge in [-0.15, -0.1) is 0 Å². The van der Waals surface area contributed by atoms with Gasteiger partial charge in [-0.05, 0) is 52.7 Å². The third kappa shape index (κ3) is 6.92. The minimum absolute atomic E-state index is 0.309. The van der Waals surface area contributed by atoms with Crippen LogP contribution in [0.25, 0.3) is 0 Å². The maximum atomic E-state index is 12.2. The first-order valence-electron chi connectivity index (χ1n) is 9.15. The van der Waals surface area contributed by atoms with Crippen molar-refractivity contribution in [2.45, 2.75) is 46.1 Å². The maximum absolute atomic E-state index is 12.2. The van der Waals surface area contributed by atoms with Crippen molar-refractivity contribution in [3.05, 3.63) is 29.8 Å². The van der Waals surface area contributed by atoms with E-state index in [0.717, 1.165) is 5.56 Å². The Morgan fingerprint density at radius 1 is 1.11 bits per heavy atom. The van der Waals surface area contributed by atoms with Crippen LogP contribution in [-0.4, -0.2) is 48.2 Å². The number of hydrogen-bond donors (Lipinski definition) is 1. The second-order valence-electron chi connectivity index (χ2n) is 7.76. The fraction of sp³-hybridized carbons (Fsp3) is 0.550. The van der Waals surface area contributed by atoms with Crippen molar-refractivity contribution in [3.63, 3.8) is 0 Å². The molecule has 0 aromatic heterocycles. The van der Waals surface area contributed by atoms with Gasteiger partial charge in [0.2, 0.25) is 0 Å². The molecule has 2 amide bonds. The minimum atomic E-state index is -0.544. The van der Waals surface area contributed by atoms with Crippen LogP contribution >= 0.6 is 0 Å². The Hall–Kier alpha value is -2.57. The van der Waals surface area contributed by atoms with Crippen molar-refractivity contribution in [2.75, 3.05) is 25.0 Å². The van der Waals surface area contributed by atoms with Gasteiger partial charge in [0.1, 0.15) is 5.60 Å². The van der Waals surface area contributed by atoms with Gasteiger partial charge in [-0.2, -0.15) is 0 Å². The molecule has 1 aromatic carbocycles. The van der Waals surface area contributed by atoms with Crippen molar-refractivity contribution < 1.29 is 23.9 Å². The number of ether oxygens (including phenoxy) is 2. The van der Waals surface area contributed by atoms with Gasteiger partial charge in [-0.25, -0.2) is 4.79 Å². The Labute approximate surface area is 160 Å². The molecule has 0 aliphatic carbocycles. The first-order valence-corrected chi connectivity index (χ1v) is 9.15. The zero-order valence-electron chi connectivity index (χ0n) is 16.4. The average molecular weight is 376 g/mol. The van der Waals surface area contributed by atoms with E-state index < -0.39 is 11.6 Å². The molecule has 0 radical (unpaired) electrons. The molecule has 1 aromatic rings. The van der Waals surface area contributed by atoms with Crippen LogP contribution in [0, 0.1) is 12.8 Å². The molecule has 1 aliphatic heterocycles. The van der Waals surface area contributed by atoms with Crippen LogP contribution in [0.4, 0.5) is 10.5 Å². The molecule has 1 aliphatic rings. The van der Waals surface area contributed by atoms with Crippen molar-refractivity contribution >= 4 is 23.7 Å². The summed E-state index contributed by atoms with van der Waals surface area (Å²) in [6.45, 7) is 7.96. The molecular weight excluding hydrogens is 348 g/mol. The molecule has 148 valence electrons.